The average molecular weight is 328 g/mol. The van der Waals surface area contributed by atoms with Gasteiger partial charge in [0.15, 0.2) is 6.67 Å². The standard InChI is InChI=1S/C16H17N5O3/c1-18(11-20-15(23)14(22)19(2)16(20)24)9-12-8-17-21(10-12)13-6-4-3-5-7-13/h3-8,10H,9,11H2,1-2H3/p+1. The number of nitrogens with one attached hydrogen (secondary N) is 1. The molecule has 2 aromatic rings. The first-order valence-electron chi connectivity index (χ1n) is 7.51. The second-order valence-electron chi connectivity index (χ2n) is 5.80. The normalized spacial score (nSPS) is 16.2. The Morgan fingerprint density at radius 2 is 1.79 bits per heavy atom. The van der Waals surface area contributed by atoms with Crippen LogP contribution in [-0.4, -0.2) is 58.2 Å². The Kier molecular flexibility index (Phi) is 4.13. The van der Waals surface area contributed by atoms with Gasteiger partial charge in [0.25, 0.3) is 0 Å². The molecular weight excluding hydrogens is 310 g/mol. The molecule has 1 N–H and O–H groups in total. The lowest BCUT2D eigenvalue weighted by molar-refractivity contribution is -0.901. The zero-order valence-corrected chi connectivity index (χ0v) is 13.5. The highest BCUT2D eigenvalue weighted by molar-refractivity contribution is 6.44. The van der Waals surface area contributed by atoms with Gasteiger partial charge in [0.1, 0.15) is 6.54 Å². The largest absolute Gasteiger partial charge is 0.338 e. The number of carbonyl (C=O) groups excluding carboxylic acids is 3. The van der Waals surface area contributed by atoms with Crippen LogP contribution in [0.1, 0.15) is 5.56 Å². The fourth-order valence-corrected chi connectivity index (χ4v) is 2.60. The van der Waals surface area contributed by atoms with Crippen LogP contribution in [-0.2, 0) is 16.1 Å². The van der Waals surface area contributed by atoms with Crippen molar-refractivity contribution >= 4 is 17.8 Å². The molecule has 1 unspecified atom stereocenters. The van der Waals surface area contributed by atoms with Crippen LogP contribution >= 0.6 is 0 Å². The summed E-state index contributed by atoms with van der Waals surface area (Å²) in [4.78, 5) is 37.9. The fraction of sp³-hybridized carbons (Fsp3) is 0.250. The number of rotatable bonds is 5. The number of carbonyl (C=O) groups is 3. The number of amides is 4. The van der Waals surface area contributed by atoms with Crippen LogP contribution in [0.4, 0.5) is 4.79 Å². The lowest BCUT2D eigenvalue weighted by Crippen LogP contribution is -3.09. The molecule has 1 saturated heterocycles. The number of benzene rings is 1. The van der Waals surface area contributed by atoms with Crippen LogP contribution in [0.25, 0.3) is 5.69 Å². The van der Waals surface area contributed by atoms with E-state index in [2.05, 4.69) is 5.10 Å². The molecule has 0 radical (unpaired) electrons. The summed E-state index contributed by atoms with van der Waals surface area (Å²) in [5.41, 5.74) is 1.92. The molecule has 124 valence electrons. The molecule has 1 atom stereocenters. The first-order chi connectivity index (χ1) is 11.5. The van der Waals surface area contributed by atoms with Crippen LogP contribution in [0.3, 0.4) is 0 Å². The summed E-state index contributed by atoms with van der Waals surface area (Å²) in [5, 5.41) is 4.32. The molecule has 0 spiro atoms. The van der Waals surface area contributed by atoms with E-state index in [1.807, 2.05) is 43.6 Å². The SMILES string of the molecule is CN1C(=O)C(=O)N(C[NH+](C)Cc2cnn(-c3ccccc3)c2)C1=O. The predicted octanol–water partition coefficient (Wildman–Crippen LogP) is -0.735. The van der Waals surface area contributed by atoms with E-state index in [0.29, 0.717) is 6.54 Å². The summed E-state index contributed by atoms with van der Waals surface area (Å²) >= 11 is 0. The van der Waals surface area contributed by atoms with E-state index < -0.39 is 17.8 Å². The van der Waals surface area contributed by atoms with Gasteiger partial charge in [-0.05, 0) is 12.1 Å². The van der Waals surface area contributed by atoms with E-state index >= 15 is 0 Å². The molecule has 4 amide bonds. The minimum absolute atomic E-state index is 0.129. The molecule has 1 aromatic heterocycles. The number of quaternary nitrogens is 1. The number of imide groups is 2. The second kappa shape index (κ2) is 6.25. The number of urea groups is 1. The minimum atomic E-state index is -0.787. The van der Waals surface area contributed by atoms with Crippen molar-refractivity contribution in [3.05, 3.63) is 48.3 Å². The Morgan fingerprint density at radius 1 is 1.08 bits per heavy atom. The molecule has 0 aliphatic carbocycles. The van der Waals surface area contributed by atoms with Gasteiger partial charge in [0.2, 0.25) is 0 Å². The van der Waals surface area contributed by atoms with Gasteiger partial charge in [-0.15, -0.1) is 0 Å². The lowest BCUT2D eigenvalue weighted by atomic mass is 10.3. The third-order valence-electron chi connectivity index (χ3n) is 3.84. The Morgan fingerprint density at radius 3 is 2.42 bits per heavy atom. The maximum atomic E-state index is 11.9. The Labute approximate surface area is 138 Å². The third-order valence-corrected chi connectivity index (χ3v) is 3.84. The number of para-hydroxylation sites is 1. The van der Waals surface area contributed by atoms with Crippen LogP contribution in [0.2, 0.25) is 0 Å². The summed E-state index contributed by atoms with van der Waals surface area (Å²) in [6.07, 6.45) is 3.66. The summed E-state index contributed by atoms with van der Waals surface area (Å²) in [6, 6.07) is 9.14. The zero-order chi connectivity index (χ0) is 17.3. The Hall–Kier alpha value is -3.00. The third kappa shape index (κ3) is 2.91. The molecule has 0 bridgehead atoms. The number of hydrogen-bond acceptors (Lipinski definition) is 4. The molecule has 8 nitrogen and oxygen atoms in total. The molecule has 24 heavy (non-hydrogen) atoms. The number of likely N-dealkylation sites (N-methyl/N-ethyl adjacent to an activating group) is 1. The summed E-state index contributed by atoms with van der Waals surface area (Å²) in [7, 11) is 3.16. The molecule has 1 aromatic carbocycles. The van der Waals surface area contributed by atoms with Crippen LogP contribution < -0.4 is 4.90 Å². The summed E-state index contributed by atoms with van der Waals surface area (Å²) < 4.78 is 1.77. The predicted molar refractivity (Wildman–Crippen MR) is 84.0 cm³/mol. The number of hydrogen-bond donors (Lipinski definition) is 1. The molecule has 8 heteroatoms. The van der Waals surface area contributed by atoms with E-state index in [1.54, 1.807) is 10.9 Å². The van der Waals surface area contributed by atoms with E-state index in [-0.39, 0.29) is 6.67 Å². The number of aromatic nitrogens is 2. The van der Waals surface area contributed by atoms with Gasteiger partial charge in [0, 0.05) is 18.8 Å². The van der Waals surface area contributed by atoms with Crippen LogP contribution in [0, 0.1) is 0 Å². The number of nitrogens with zero attached hydrogens (tertiary/aromatic N) is 4. The highest BCUT2D eigenvalue weighted by atomic mass is 16.2. The van der Waals surface area contributed by atoms with Crippen molar-refractivity contribution in [2.75, 3.05) is 20.8 Å². The first-order valence-corrected chi connectivity index (χ1v) is 7.51. The molecule has 0 saturated carbocycles. The second-order valence-corrected chi connectivity index (χ2v) is 5.80. The molecule has 1 aliphatic rings. The topological polar surface area (TPSA) is 80.0 Å². The first kappa shape index (κ1) is 15.9. The van der Waals surface area contributed by atoms with E-state index in [4.69, 9.17) is 0 Å². The van der Waals surface area contributed by atoms with Crippen molar-refractivity contribution in [1.82, 2.24) is 19.6 Å². The lowest BCUT2D eigenvalue weighted by Gasteiger charge is -2.18. The quantitative estimate of drug-likeness (QED) is 0.579. The average Bonchev–Trinajstić information content (AvgIpc) is 3.12. The molecule has 1 aliphatic heterocycles. The summed E-state index contributed by atoms with van der Waals surface area (Å²) in [6.45, 7) is 0.700. The van der Waals surface area contributed by atoms with Gasteiger partial charge < -0.3 is 4.90 Å². The Bertz CT molecular complexity index is 786. The monoisotopic (exact) mass is 328 g/mol. The molecular formula is C16H18N5O3+. The minimum Gasteiger partial charge on any atom is -0.316 e. The van der Waals surface area contributed by atoms with Crippen molar-refractivity contribution in [2.24, 2.45) is 0 Å². The van der Waals surface area contributed by atoms with Crippen molar-refractivity contribution in [2.45, 2.75) is 6.54 Å². The maximum Gasteiger partial charge on any atom is 0.338 e. The highest BCUT2D eigenvalue weighted by Crippen LogP contribution is 2.08. The van der Waals surface area contributed by atoms with E-state index in [9.17, 15) is 14.4 Å². The maximum absolute atomic E-state index is 11.9. The van der Waals surface area contributed by atoms with Gasteiger partial charge >= 0.3 is 17.8 Å². The van der Waals surface area contributed by atoms with Gasteiger partial charge in [-0.2, -0.15) is 5.10 Å². The summed E-state index contributed by atoms with van der Waals surface area (Å²) in [5.74, 6) is -1.56. The van der Waals surface area contributed by atoms with Crippen molar-refractivity contribution < 1.29 is 19.3 Å². The molecule has 3 rings (SSSR count). The smallest absolute Gasteiger partial charge is 0.316 e. The van der Waals surface area contributed by atoms with Crippen LogP contribution in [0.15, 0.2) is 42.7 Å². The molecule has 2 heterocycles. The molecule has 1 fully saturated rings. The van der Waals surface area contributed by atoms with E-state index in [0.717, 1.165) is 26.0 Å². The van der Waals surface area contributed by atoms with Crippen molar-refractivity contribution in [1.29, 1.82) is 0 Å². The van der Waals surface area contributed by atoms with Gasteiger partial charge in [0.05, 0.1) is 18.9 Å². The van der Waals surface area contributed by atoms with Gasteiger partial charge in [-0.25, -0.2) is 14.4 Å². The van der Waals surface area contributed by atoms with Crippen molar-refractivity contribution in [3.63, 3.8) is 0 Å². The Balaban J connectivity index is 1.65. The van der Waals surface area contributed by atoms with Crippen LogP contribution in [0.5, 0.6) is 0 Å². The van der Waals surface area contributed by atoms with Gasteiger partial charge in [-0.1, -0.05) is 18.2 Å². The van der Waals surface area contributed by atoms with Gasteiger partial charge in [-0.3, -0.25) is 14.5 Å². The van der Waals surface area contributed by atoms with E-state index in [1.165, 1.54) is 7.05 Å². The highest BCUT2D eigenvalue weighted by Gasteiger charge is 2.43. The zero-order valence-electron chi connectivity index (χ0n) is 13.5. The van der Waals surface area contributed by atoms with Crippen molar-refractivity contribution in [3.8, 4) is 5.69 Å². The fourth-order valence-electron chi connectivity index (χ4n) is 2.60.